The zero-order chi connectivity index (χ0) is 12.2. The number of aromatic nitrogens is 2. The number of nitrogens with one attached hydrogen (secondary N) is 1. The quantitative estimate of drug-likeness (QED) is 0.769. The first-order chi connectivity index (χ1) is 7.46. The molecule has 0 unspecified atom stereocenters. The normalized spacial score (nSPS) is 11.2. The van der Waals surface area contributed by atoms with Crippen LogP contribution < -0.4 is 11.1 Å². The monoisotopic (exact) mass is 238 g/mol. The number of nitrogens with two attached hydrogens (primary N) is 1. The number of nitrogens with zero attached hydrogens (tertiary/aromatic N) is 2. The molecule has 4 nitrogen and oxygen atoms in total. The molecular formula is C11H18N4S. The first kappa shape index (κ1) is 12.8. The van der Waals surface area contributed by atoms with Crippen LogP contribution in [0, 0.1) is 0 Å². The molecule has 1 heterocycles. The third-order valence-electron chi connectivity index (χ3n) is 2.26. The van der Waals surface area contributed by atoms with Gasteiger partial charge in [-0.2, -0.15) is 0 Å². The van der Waals surface area contributed by atoms with Crippen LogP contribution >= 0.6 is 12.2 Å². The highest BCUT2D eigenvalue weighted by molar-refractivity contribution is 7.80. The van der Waals surface area contributed by atoms with E-state index in [2.05, 4.69) is 36.1 Å². The zero-order valence-corrected chi connectivity index (χ0v) is 10.8. The van der Waals surface area contributed by atoms with Crippen molar-refractivity contribution in [2.75, 3.05) is 5.32 Å². The Bertz CT molecular complexity index is 376. The van der Waals surface area contributed by atoms with Crippen molar-refractivity contribution in [2.24, 2.45) is 5.73 Å². The lowest BCUT2D eigenvalue weighted by molar-refractivity contribution is 0.508. The van der Waals surface area contributed by atoms with Crippen molar-refractivity contribution in [2.45, 2.75) is 39.2 Å². The Morgan fingerprint density at radius 1 is 1.44 bits per heavy atom. The Hall–Kier alpha value is -1.23. The van der Waals surface area contributed by atoms with E-state index in [1.54, 1.807) is 12.4 Å². The van der Waals surface area contributed by atoms with E-state index in [-0.39, 0.29) is 10.5 Å². The van der Waals surface area contributed by atoms with E-state index in [1.165, 1.54) is 0 Å². The second-order valence-electron chi connectivity index (χ2n) is 4.38. The summed E-state index contributed by atoms with van der Waals surface area (Å²) in [4.78, 5) is 8.62. The lowest BCUT2D eigenvalue weighted by atomic mass is 9.99. The van der Waals surface area contributed by atoms with Crippen molar-refractivity contribution in [3.05, 3.63) is 18.1 Å². The fraction of sp³-hybridized carbons (Fsp3) is 0.545. The van der Waals surface area contributed by atoms with E-state index in [4.69, 9.17) is 18.0 Å². The Morgan fingerprint density at radius 3 is 2.62 bits per heavy atom. The van der Waals surface area contributed by atoms with Gasteiger partial charge in [0, 0.05) is 17.9 Å². The molecule has 0 aliphatic heterocycles. The summed E-state index contributed by atoms with van der Waals surface area (Å²) in [6, 6.07) is 0. The van der Waals surface area contributed by atoms with Crippen molar-refractivity contribution in [1.82, 2.24) is 9.97 Å². The molecule has 3 N–H and O–H groups in total. The third kappa shape index (κ3) is 3.41. The molecule has 0 bridgehead atoms. The van der Waals surface area contributed by atoms with Crippen molar-refractivity contribution in [3.8, 4) is 0 Å². The van der Waals surface area contributed by atoms with Crippen molar-refractivity contribution in [3.63, 3.8) is 0 Å². The second kappa shape index (κ2) is 5.21. The van der Waals surface area contributed by atoms with E-state index in [0.717, 1.165) is 12.8 Å². The minimum atomic E-state index is -0.0374. The molecule has 88 valence electrons. The summed E-state index contributed by atoms with van der Waals surface area (Å²) in [6.07, 6.45) is 5.36. The van der Waals surface area contributed by atoms with Gasteiger partial charge in [-0.15, -0.1) is 0 Å². The maximum absolute atomic E-state index is 5.60. The van der Waals surface area contributed by atoms with Crippen molar-refractivity contribution in [1.29, 1.82) is 0 Å². The van der Waals surface area contributed by atoms with Gasteiger partial charge in [0.05, 0.1) is 0 Å². The lowest BCUT2D eigenvalue weighted by Crippen LogP contribution is -2.32. The molecule has 0 amide bonds. The summed E-state index contributed by atoms with van der Waals surface area (Å²) in [6.45, 7) is 6.39. The summed E-state index contributed by atoms with van der Waals surface area (Å²) in [7, 11) is 0. The molecule has 0 atom stereocenters. The highest BCUT2D eigenvalue weighted by Crippen LogP contribution is 2.19. The summed E-state index contributed by atoms with van der Waals surface area (Å²) in [5, 5.41) is 3.33. The van der Waals surface area contributed by atoms with Crippen LogP contribution in [0.15, 0.2) is 12.4 Å². The SMILES string of the molecule is CCCC(C)(C)Nc1nccnc1C(N)=S. The molecule has 0 aliphatic carbocycles. The number of hydrogen-bond donors (Lipinski definition) is 2. The highest BCUT2D eigenvalue weighted by Gasteiger charge is 2.19. The topological polar surface area (TPSA) is 63.8 Å². The van der Waals surface area contributed by atoms with Crippen molar-refractivity contribution >= 4 is 23.0 Å². The molecule has 0 radical (unpaired) electrons. The molecule has 0 aliphatic rings. The van der Waals surface area contributed by atoms with Gasteiger partial charge in [0.15, 0.2) is 5.82 Å². The van der Waals surface area contributed by atoms with Crippen LogP contribution in [0.2, 0.25) is 0 Å². The van der Waals surface area contributed by atoms with Gasteiger partial charge in [0.1, 0.15) is 10.7 Å². The number of thiocarbonyl (C=S) groups is 1. The smallest absolute Gasteiger partial charge is 0.155 e. The van der Waals surface area contributed by atoms with Crippen LogP contribution in [0.4, 0.5) is 5.82 Å². The van der Waals surface area contributed by atoms with Crippen molar-refractivity contribution < 1.29 is 0 Å². The summed E-state index contributed by atoms with van der Waals surface area (Å²) >= 11 is 4.94. The summed E-state index contributed by atoms with van der Waals surface area (Å²) in [5.41, 5.74) is 6.12. The van der Waals surface area contributed by atoms with Gasteiger partial charge in [-0.1, -0.05) is 25.6 Å². The molecule has 0 aromatic carbocycles. The van der Waals surface area contributed by atoms with Gasteiger partial charge < -0.3 is 11.1 Å². The van der Waals surface area contributed by atoms with Gasteiger partial charge in [0.2, 0.25) is 0 Å². The molecular weight excluding hydrogens is 220 g/mol. The van der Waals surface area contributed by atoms with Crippen LogP contribution in [0.1, 0.15) is 39.3 Å². The molecule has 0 spiro atoms. The van der Waals surface area contributed by atoms with Gasteiger partial charge in [-0.05, 0) is 20.3 Å². The van der Waals surface area contributed by atoms with E-state index >= 15 is 0 Å². The molecule has 0 saturated carbocycles. The number of rotatable bonds is 5. The Morgan fingerprint density at radius 2 is 2.06 bits per heavy atom. The maximum atomic E-state index is 5.60. The predicted molar refractivity (Wildman–Crippen MR) is 70.5 cm³/mol. The third-order valence-corrected chi connectivity index (χ3v) is 2.46. The molecule has 1 rings (SSSR count). The standard InChI is InChI=1S/C11H18N4S/c1-4-5-11(2,3)15-10-8(9(12)16)13-6-7-14-10/h6-7H,4-5H2,1-3H3,(H2,12,16)(H,14,15). The number of hydrogen-bond acceptors (Lipinski definition) is 4. The average Bonchev–Trinajstić information content (AvgIpc) is 2.17. The van der Waals surface area contributed by atoms with Crippen LogP contribution in [-0.2, 0) is 0 Å². The van der Waals surface area contributed by atoms with Crippen LogP contribution in [0.5, 0.6) is 0 Å². The summed E-state index contributed by atoms with van der Waals surface area (Å²) in [5.74, 6) is 0.661. The first-order valence-corrected chi connectivity index (χ1v) is 5.76. The van der Waals surface area contributed by atoms with E-state index in [9.17, 15) is 0 Å². The van der Waals surface area contributed by atoms with E-state index < -0.39 is 0 Å². The Labute approximate surface area is 102 Å². The number of anilines is 1. The Balaban J connectivity index is 2.92. The largest absolute Gasteiger partial charge is 0.388 e. The fourth-order valence-electron chi connectivity index (χ4n) is 1.62. The molecule has 1 aromatic rings. The minimum absolute atomic E-state index is 0.0374. The van der Waals surface area contributed by atoms with Gasteiger partial charge >= 0.3 is 0 Å². The lowest BCUT2D eigenvalue weighted by Gasteiger charge is -2.27. The Kier molecular flexibility index (Phi) is 4.18. The van der Waals surface area contributed by atoms with Crippen LogP contribution in [0.25, 0.3) is 0 Å². The maximum Gasteiger partial charge on any atom is 0.155 e. The summed E-state index contributed by atoms with van der Waals surface area (Å²) < 4.78 is 0. The molecule has 16 heavy (non-hydrogen) atoms. The van der Waals surface area contributed by atoms with Gasteiger partial charge in [-0.3, -0.25) is 0 Å². The molecule has 1 aromatic heterocycles. The van der Waals surface area contributed by atoms with E-state index in [1.807, 2.05) is 0 Å². The fourth-order valence-corrected chi connectivity index (χ4v) is 1.77. The van der Waals surface area contributed by atoms with Gasteiger partial charge in [-0.25, -0.2) is 9.97 Å². The first-order valence-electron chi connectivity index (χ1n) is 5.35. The van der Waals surface area contributed by atoms with Gasteiger partial charge in [0.25, 0.3) is 0 Å². The highest BCUT2D eigenvalue weighted by atomic mass is 32.1. The molecule has 5 heteroatoms. The minimum Gasteiger partial charge on any atom is -0.388 e. The molecule has 0 fully saturated rings. The van der Waals surface area contributed by atoms with E-state index in [0.29, 0.717) is 11.5 Å². The van der Waals surface area contributed by atoms with Crippen LogP contribution in [0.3, 0.4) is 0 Å². The van der Waals surface area contributed by atoms with Crippen LogP contribution in [-0.4, -0.2) is 20.5 Å². The molecule has 0 saturated heterocycles. The average molecular weight is 238 g/mol. The predicted octanol–water partition coefficient (Wildman–Crippen LogP) is 2.10. The zero-order valence-electron chi connectivity index (χ0n) is 9.95. The second-order valence-corrected chi connectivity index (χ2v) is 4.82.